The van der Waals surface area contributed by atoms with E-state index >= 15 is 0 Å². The number of hydrogen-bond donors (Lipinski definition) is 3. The van der Waals surface area contributed by atoms with Crippen molar-refractivity contribution in [3.63, 3.8) is 0 Å². The first kappa shape index (κ1) is 16.9. The summed E-state index contributed by atoms with van der Waals surface area (Å²) in [5.74, 6) is 0. The van der Waals surface area contributed by atoms with E-state index in [0.29, 0.717) is 0 Å². The lowest BCUT2D eigenvalue weighted by Gasteiger charge is -2.13. The van der Waals surface area contributed by atoms with Gasteiger partial charge in [0.25, 0.3) is 10.2 Å². The van der Waals surface area contributed by atoms with Gasteiger partial charge in [0.15, 0.2) is 0 Å². The summed E-state index contributed by atoms with van der Waals surface area (Å²) >= 11 is 0. The number of ether oxygens (including phenoxy) is 1. The maximum atomic E-state index is 11.7. The highest BCUT2D eigenvalue weighted by atomic mass is 32.2. The summed E-state index contributed by atoms with van der Waals surface area (Å²) in [7, 11) is -6.27. The first-order valence-corrected chi connectivity index (χ1v) is 8.59. The fourth-order valence-electron chi connectivity index (χ4n) is 1.49. The van der Waals surface area contributed by atoms with Gasteiger partial charge < -0.3 is 4.74 Å². The van der Waals surface area contributed by atoms with Crippen LogP contribution in [0.25, 0.3) is 0 Å². The van der Waals surface area contributed by atoms with E-state index in [0.717, 1.165) is 0 Å². The molecule has 0 atom stereocenters. The summed E-state index contributed by atoms with van der Waals surface area (Å²) < 4.78 is 55.4. The van der Waals surface area contributed by atoms with Gasteiger partial charge in [-0.1, -0.05) is 6.07 Å². The molecule has 114 valence electrons. The molecule has 0 amide bonds. The normalized spacial score (nSPS) is 12.3. The number of nitrogens with one attached hydrogen (secondary N) is 2. The van der Waals surface area contributed by atoms with Gasteiger partial charge in [-0.3, -0.25) is 4.72 Å². The fraction of sp³-hybridized carbons (Fsp3) is 0.400. The molecule has 1 rings (SSSR count). The highest BCUT2D eigenvalue weighted by molar-refractivity contribution is 7.90. The largest absolute Gasteiger partial charge is 0.383 e. The molecule has 0 saturated carbocycles. The third-order valence-corrected chi connectivity index (χ3v) is 4.56. The minimum absolute atomic E-state index is 0.0970. The Labute approximate surface area is 118 Å². The molecule has 0 heterocycles. The zero-order valence-corrected chi connectivity index (χ0v) is 12.7. The van der Waals surface area contributed by atoms with Crippen LogP contribution in [0.5, 0.6) is 0 Å². The molecule has 0 saturated heterocycles. The van der Waals surface area contributed by atoms with Crippen LogP contribution in [-0.2, 0) is 25.0 Å². The molecule has 0 spiro atoms. The predicted molar refractivity (Wildman–Crippen MR) is 75.0 cm³/mol. The van der Waals surface area contributed by atoms with Crippen molar-refractivity contribution in [3.8, 4) is 0 Å². The smallest absolute Gasteiger partial charge is 0.299 e. The fourth-order valence-corrected chi connectivity index (χ4v) is 3.23. The highest BCUT2D eigenvalue weighted by Crippen LogP contribution is 2.22. The quantitative estimate of drug-likeness (QED) is 0.585. The van der Waals surface area contributed by atoms with Crippen LogP contribution in [0.15, 0.2) is 23.1 Å². The van der Waals surface area contributed by atoms with E-state index in [1.165, 1.54) is 32.2 Å². The molecular formula is C10H17N3O5S2. The van der Waals surface area contributed by atoms with E-state index in [1.54, 1.807) is 0 Å². The number of nitrogens with two attached hydrogens (primary N) is 1. The third kappa shape index (κ3) is 4.72. The zero-order chi connectivity index (χ0) is 15.4. The second kappa shape index (κ2) is 6.50. The number of rotatable bonds is 7. The standard InChI is InChI=1S/C10H17N3O5S2/c1-8-9(4-3-5-10(8)19(11,14)15)13-20(16,17)12-6-7-18-2/h3-5,12-13H,6-7H2,1-2H3,(H2,11,14,15). The Hall–Kier alpha value is -1.20. The Balaban J connectivity index is 3.00. The molecule has 0 unspecified atom stereocenters. The van der Waals surface area contributed by atoms with Gasteiger partial charge in [-0.2, -0.15) is 13.1 Å². The number of sulfonamides is 1. The minimum Gasteiger partial charge on any atom is -0.383 e. The molecule has 0 aromatic heterocycles. The van der Waals surface area contributed by atoms with Gasteiger partial charge in [-0.05, 0) is 24.6 Å². The van der Waals surface area contributed by atoms with E-state index in [1.807, 2.05) is 0 Å². The van der Waals surface area contributed by atoms with Crippen molar-refractivity contribution >= 4 is 25.9 Å². The van der Waals surface area contributed by atoms with E-state index in [9.17, 15) is 16.8 Å². The van der Waals surface area contributed by atoms with Crippen molar-refractivity contribution in [2.45, 2.75) is 11.8 Å². The summed E-state index contributed by atoms with van der Waals surface area (Å²) in [6.45, 7) is 1.78. The van der Waals surface area contributed by atoms with Crippen LogP contribution in [0.2, 0.25) is 0 Å². The number of methoxy groups -OCH3 is 1. The summed E-state index contributed by atoms with van der Waals surface area (Å²) in [5, 5.41) is 5.05. The second-order valence-corrected chi connectivity index (χ2v) is 7.00. The van der Waals surface area contributed by atoms with Gasteiger partial charge in [0, 0.05) is 13.7 Å². The predicted octanol–water partition coefficient (Wildman–Crippen LogP) is -0.465. The Morgan fingerprint density at radius 3 is 2.45 bits per heavy atom. The molecule has 10 heteroatoms. The van der Waals surface area contributed by atoms with Gasteiger partial charge >= 0.3 is 0 Å². The minimum atomic E-state index is -3.91. The molecule has 1 aromatic rings. The Bertz CT molecular complexity index is 670. The van der Waals surface area contributed by atoms with Crippen LogP contribution in [0.1, 0.15) is 5.56 Å². The molecule has 0 aliphatic rings. The van der Waals surface area contributed by atoms with Crippen molar-refractivity contribution in [3.05, 3.63) is 23.8 Å². The zero-order valence-electron chi connectivity index (χ0n) is 11.1. The summed E-state index contributed by atoms with van der Waals surface area (Å²) in [4.78, 5) is -0.130. The average molecular weight is 323 g/mol. The maximum Gasteiger partial charge on any atom is 0.299 e. The van der Waals surface area contributed by atoms with Crippen LogP contribution in [0, 0.1) is 6.92 Å². The van der Waals surface area contributed by atoms with Gasteiger partial charge in [-0.25, -0.2) is 13.6 Å². The number of benzene rings is 1. The van der Waals surface area contributed by atoms with Gasteiger partial charge in [0.1, 0.15) is 0 Å². The van der Waals surface area contributed by atoms with E-state index < -0.39 is 20.2 Å². The first-order chi connectivity index (χ1) is 9.17. The van der Waals surface area contributed by atoms with Crippen LogP contribution in [0.4, 0.5) is 5.69 Å². The van der Waals surface area contributed by atoms with Crippen molar-refractivity contribution in [2.75, 3.05) is 25.0 Å². The SMILES string of the molecule is COCCNS(=O)(=O)Nc1cccc(S(N)(=O)=O)c1C. The topological polar surface area (TPSA) is 128 Å². The molecule has 4 N–H and O–H groups in total. The third-order valence-electron chi connectivity index (χ3n) is 2.43. The maximum absolute atomic E-state index is 11.7. The lowest BCUT2D eigenvalue weighted by molar-refractivity contribution is 0.204. The number of hydrogen-bond acceptors (Lipinski definition) is 5. The first-order valence-electron chi connectivity index (χ1n) is 5.56. The van der Waals surface area contributed by atoms with Crippen LogP contribution in [0.3, 0.4) is 0 Å². The summed E-state index contributed by atoms with van der Waals surface area (Å²) in [6, 6.07) is 4.15. The lowest BCUT2D eigenvalue weighted by atomic mass is 10.2. The highest BCUT2D eigenvalue weighted by Gasteiger charge is 2.17. The number of primary sulfonamides is 1. The van der Waals surface area contributed by atoms with Gasteiger partial charge in [0.2, 0.25) is 10.0 Å². The van der Waals surface area contributed by atoms with E-state index in [4.69, 9.17) is 9.88 Å². The molecule has 0 bridgehead atoms. The second-order valence-electron chi connectivity index (χ2n) is 3.97. The van der Waals surface area contributed by atoms with Gasteiger partial charge in [-0.15, -0.1) is 0 Å². The average Bonchev–Trinajstić information content (AvgIpc) is 2.30. The molecule has 20 heavy (non-hydrogen) atoms. The molecule has 1 aromatic carbocycles. The van der Waals surface area contributed by atoms with Gasteiger partial charge in [0.05, 0.1) is 17.2 Å². The van der Waals surface area contributed by atoms with Crippen LogP contribution in [-0.4, -0.2) is 37.1 Å². The molecule has 0 aliphatic carbocycles. The van der Waals surface area contributed by atoms with E-state index in [2.05, 4.69) is 9.44 Å². The Kier molecular flexibility index (Phi) is 5.48. The van der Waals surface area contributed by atoms with Crippen LogP contribution >= 0.6 is 0 Å². The van der Waals surface area contributed by atoms with E-state index in [-0.39, 0.29) is 29.3 Å². The monoisotopic (exact) mass is 323 g/mol. The lowest BCUT2D eigenvalue weighted by Crippen LogP contribution is -2.33. The van der Waals surface area contributed by atoms with Crippen molar-refractivity contribution < 1.29 is 21.6 Å². The van der Waals surface area contributed by atoms with Crippen molar-refractivity contribution in [1.29, 1.82) is 0 Å². The van der Waals surface area contributed by atoms with Crippen molar-refractivity contribution in [1.82, 2.24) is 4.72 Å². The summed E-state index contributed by atoms with van der Waals surface area (Å²) in [6.07, 6.45) is 0. The molecule has 0 fully saturated rings. The number of anilines is 1. The molecule has 0 radical (unpaired) electrons. The molecule has 8 nitrogen and oxygen atoms in total. The molecule has 0 aliphatic heterocycles. The Morgan fingerprint density at radius 2 is 1.90 bits per heavy atom. The molecular weight excluding hydrogens is 306 g/mol. The Morgan fingerprint density at radius 1 is 1.25 bits per heavy atom. The van der Waals surface area contributed by atoms with Crippen molar-refractivity contribution in [2.24, 2.45) is 5.14 Å². The van der Waals surface area contributed by atoms with Crippen LogP contribution < -0.4 is 14.6 Å². The summed E-state index contributed by atoms with van der Waals surface area (Å²) in [5.41, 5.74) is 0.369.